The fourth-order valence-electron chi connectivity index (χ4n) is 3.73. The molecule has 0 fully saturated rings. The minimum atomic E-state index is 0. The van der Waals surface area contributed by atoms with Crippen molar-refractivity contribution >= 4 is 18.5 Å². The predicted octanol–water partition coefficient (Wildman–Crippen LogP) is 5.91. The van der Waals surface area contributed by atoms with Crippen LogP contribution >= 0.6 is 12.4 Å². The van der Waals surface area contributed by atoms with Gasteiger partial charge in [0.05, 0.1) is 0 Å². The van der Waals surface area contributed by atoms with Gasteiger partial charge in [-0.1, -0.05) is 66.6 Å². The van der Waals surface area contributed by atoms with Gasteiger partial charge >= 0.3 is 0 Å². The Hall–Kier alpha value is -1.57. The highest BCUT2D eigenvalue weighted by Gasteiger charge is 2.09. The average Bonchev–Trinajstić information content (AvgIpc) is 2.80. The van der Waals surface area contributed by atoms with Crippen LogP contribution in [0.15, 0.2) is 54.1 Å². The van der Waals surface area contributed by atoms with Gasteiger partial charge in [0.15, 0.2) is 0 Å². The topological polar surface area (TPSA) is 3.24 Å². The van der Waals surface area contributed by atoms with Crippen LogP contribution in [0.5, 0.6) is 0 Å². The third kappa shape index (κ3) is 6.02. The van der Waals surface area contributed by atoms with Gasteiger partial charge in [-0.05, 0) is 61.9 Å². The molecule has 0 heterocycles. The lowest BCUT2D eigenvalue weighted by molar-refractivity contribution is 0.356. The van der Waals surface area contributed by atoms with Gasteiger partial charge in [-0.25, -0.2) is 0 Å². The number of halogens is 1. The Labute approximate surface area is 159 Å². The van der Waals surface area contributed by atoms with Crippen LogP contribution < -0.4 is 0 Å². The predicted molar refractivity (Wildman–Crippen MR) is 111 cm³/mol. The van der Waals surface area contributed by atoms with Crippen LogP contribution in [0.1, 0.15) is 48.4 Å². The van der Waals surface area contributed by atoms with Crippen LogP contribution in [0.4, 0.5) is 0 Å². The van der Waals surface area contributed by atoms with Crippen molar-refractivity contribution in [2.24, 2.45) is 0 Å². The van der Waals surface area contributed by atoms with Gasteiger partial charge in [0.25, 0.3) is 0 Å². The Morgan fingerprint density at radius 2 is 1.68 bits per heavy atom. The Balaban J connectivity index is 0.00000225. The Kier molecular flexibility index (Phi) is 7.74. The molecule has 2 aromatic carbocycles. The van der Waals surface area contributed by atoms with Crippen LogP contribution in [0.2, 0.25) is 0 Å². The third-order valence-corrected chi connectivity index (χ3v) is 4.85. The normalized spacial score (nSPS) is 14.6. The summed E-state index contributed by atoms with van der Waals surface area (Å²) in [6, 6.07) is 17.7. The molecule has 0 bridgehead atoms. The first-order valence-corrected chi connectivity index (χ1v) is 9.22. The van der Waals surface area contributed by atoms with Gasteiger partial charge in [0.1, 0.15) is 0 Å². The Morgan fingerprint density at radius 1 is 0.960 bits per heavy atom. The van der Waals surface area contributed by atoms with Crippen molar-refractivity contribution in [1.82, 2.24) is 4.90 Å². The van der Waals surface area contributed by atoms with Gasteiger partial charge < -0.3 is 0 Å². The molecule has 1 aliphatic rings. The van der Waals surface area contributed by atoms with Crippen LogP contribution in [0.3, 0.4) is 0 Å². The summed E-state index contributed by atoms with van der Waals surface area (Å²) in [6.45, 7) is 4.25. The van der Waals surface area contributed by atoms with Crippen molar-refractivity contribution in [1.29, 1.82) is 0 Å². The lowest BCUT2D eigenvalue weighted by atomic mass is 10.00. The molecule has 2 heteroatoms. The van der Waals surface area contributed by atoms with Gasteiger partial charge in [-0.2, -0.15) is 0 Å². The SMILES string of the molecule is C/C(=C\c1ccccc1)CN(C)Cc1ccc2c(c1)CCCCC2.Cl. The molecule has 134 valence electrons. The van der Waals surface area contributed by atoms with E-state index in [9.17, 15) is 0 Å². The fraction of sp³-hybridized carbons (Fsp3) is 0.391. The first-order chi connectivity index (χ1) is 11.7. The molecule has 1 aliphatic carbocycles. The van der Waals surface area contributed by atoms with Crippen molar-refractivity contribution in [3.63, 3.8) is 0 Å². The lowest BCUT2D eigenvalue weighted by Gasteiger charge is -2.18. The molecule has 0 radical (unpaired) electrons. The molecule has 2 aromatic rings. The van der Waals surface area contributed by atoms with Crippen molar-refractivity contribution in [2.45, 2.75) is 45.6 Å². The van der Waals surface area contributed by atoms with Gasteiger partial charge in [-0.15, -0.1) is 12.4 Å². The molecule has 0 unspecified atom stereocenters. The summed E-state index contributed by atoms with van der Waals surface area (Å²) in [4.78, 5) is 2.41. The number of rotatable bonds is 5. The van der Waals surface area contributed by atoms with E-state index >= 15 is 0 Å². The standard InChI is InChI=1S/C23H29N.ClH/c1-19(15-20-9-5-3-6-10-20)17-24(2)18-21-13-14-22-11-7-4-8-12-23(22)16-21;/h3,5-6,9-10,13-16H,4,7-8,11-12,17-18H2,1-2H3;1H/b19-15+;. The fourth-order valence-corrected chi connectivity index (χ4v) is 3.73. The van der Waals surface area contributed by atoms with E-state index in [1.54, 1.807) is 11.1 Å². The van der Waals surface area contributed by atoms with Crippen molar-refractivity contribution in [3.8, 4) is 0 Å². The second-order valence-electron chi connectivity index (χ2n) is 7.24. The van der Waals surface area contributed by atoms with Crippen LogP contribution in [0.25, 0.3) is 6.08 Å². The third-order valence-electron chi connectivity index (χ3n) is 4.85. The molecule has 1 nitrogen and oxygen atoms in total. The van der Waals surface area contributed by atoms with Crippen molar-refractivity contribution in [2.75, 3.05) is 13.6 Å². The van der Waals surface area contributed by atoms with Gasteiger partial charge in [-0.3, -0.25) is 4.90 Å². The molecule has 0 aromatic heterocycles. The van der Waals surface area contributed by atoms with Gasteiger partial charge in [0, 0.05) is 13.1 Å². The number of likely N-dealkylation sites (N-methyl/N-ethyl adjacent to an activating group) is 1. The highest BCUT2D eigenvalue weighted by atomic mass is 35.5. The number of hydrogen-bond donors (Lipinski definition) is 0. The Morgan fingerprint density at radius 3 is 2.44 bits per heavy atom. The highest BCUT2D eigenvalue weighted by Crippen LogP contribution is 2.22. The monoisotopic (exact) mass is 355 g/mol. The zero-order chi connectivity index (χ0) is 16.8. The van der Waals surface area contributed by atoms with E-state index in [1.165, 1.54) is 48.8 Å². The highest BCUT2D eigenvalue weighted by molar-refractivity contribution is 5.85. The number of aryl methyl sites for hydroxylation is 2. The molecule has 0 spiro atoms. The molecule has 0 atom stereocenters. The summed E-state index contributed by atoms with van der Waals surface area (Å²) in [7, 11) is 2.22. The maximum absolute atomic E-state index is 2.45. The minimum Gasteiger partial charge on any atom is -0.298 e. The second-order valence-corrected chi connectivity index (χ2v) is 7.24. The first-order valence-electron chi connectivity index (χ1n) is 9.22. The largest absolute Gasteiger partial charge is 0.298 e. The number of benzene rings is 2. The zero-order valence-electron chi connectivity index (χ0n) is 15.5. The maximum Gasteiger partial charge on any atom is 0.0234 e. The van der Waals surface area contributed by atoms with Gasteiger partial charge in [0.2, 0.25) is 0 Å². The molecular weight excluding hydrogens is 326 g/mol. The summed E-state index contributed by atoms with van der Waals surface area (Å²) in [5.74, 6) is 0. The average molecular weight is 356 g/mol. The van der Waals surface area contributed by atoms with Crippen molar-refractivity contribution in [3.05, 3.63) is 76.4 Å². The quantitative estimate of drug-likeness (QED) is 0.602. The van der Waals surface area contributed by atoms with E-state index in [-0.39, 0.29) is 12.4 Å². The lowest BCUT2D eigenvalue weighted by Crippen LogP contribution is -2.20. The van der Waals surface area contributed by atoms with Crippen LogP contribution in [0, 0.1) is 0 Å². The molecule has 0 N–H and O–H groups in total. The summed E-state index contributed by atoms with van der Waals surface area (Å²) < 4.78 is 0. The first kappa shape index (κ1) is 19.8. The minimum absolute atomic E-state index is 0. The number of nitrogens with zero attached hydrogens (tertiary/aromatic N) is 1. The molecule has 0 saturated carbocycles. The zero-order valence-corrected chi connectivity index (χ0v) is 16.3. The second kappa shape index (κ2) is 9.79. The van der Waals surface area contributed by atoms with Crippen LogP contribution in [-0.2, 0) is 19.4 Å². The smallest absolute Gasteiger partial charge is 0.0234 e. The van der Waals surface area contributed by atoms with E-state index in [2.05, 4.69) is 73.5 Å². The number of fused-ring (bicyclic) bond motifs is 1. The summed E-state index contributed by atoms with van der Waals surface area (Å²) in [6.07, 6.45) is 8.91. The van der Waals surface area contributed by atoms with E-state index in [0.717, 1.165) is 13.1 Å². The molecule has 0 saturated heterocycles. The van der Waals surface area contributed by atoms with E-state index in [4.69, 9.17) is 0 Å². The molecular formula is C23H30ClN. The van der Waals surface area contributed by atoms with E-state index in [0.29, 0.717) is 0 Å². The number of hydrogen-bond acceptors (Lipinski definition) is 1. The summed E-state index contributed by atoms with van der Waals surface area (Å²) >= 11 is 0. The summed E-state index contributed by atoms with van der Waals surface area (Å²) in [5.41, 5.74) is 7.31. The maximum atomic E-state index is 2.45. The van der Waals surface area contributed by atoms with Crippen LogP contribution in [-0.4, -0.2) is 18.5 Å². The molecule has 25 heavy (non-hydrogen) atoms. The van der Waals surface area contributed by atoms with E-state index < -0.39 is 0 Å². The Bertz CT molecular complexity index is 690. The molecule has 3 rings (SSSR count). The summed E-state index contributed by atoms with van der Waals surface area (Å²) in [5, 5.41) is 0. The molecule has 0 aliphatic heterocycles. The molecule has 0 amide bonds. The van der Waals surface area contributed by atoms with Crippen molar-refractivity contribution < 1.29 is 0 Å². The van der Waals surface area contributed by atoms with E-state index in [1.807, 2.05) is 0 Å².